The predicted octanol–water partition coefficient (Wildman–Crippen LogP) is 2.01. The molecule has 7 nitrogen and oxygen atoms in total. The molecule has 136 valence electrons. The number of benzene rings is 1. The summed E-state index contributed by atoms with van der Waals surface area (Å²) in [4.78, 5) is 12.5. The van der Waals surface area contributed by atoms with E-state index >= 15 is 0 Å². The monoisotopic (exact) mass is 365 g/mol. The molecule has 1 amide bonds. The van der Waals surface area contributed by atoms with Crippen molar-refractivity contribution in [2.45, 2.75) is 44.7 Å². The van der Waals surface area contributed by atoms with Crippen LogP contribution in [0.2, 0.25) is 0 Å². The van der Waals surface area contributed by atoms with Crippen LogP contribution in [0.25, 0.3) is 5.69 Å². The number of halogens is 1. The predicted molar refractivity (Wildman–Crippen MR) is 97.6 cm³/mol. The Labute approximate surface area is 153 Å². The van der Waals surface area contributed by atoms with Crippen molar-refractivity contribution in [1.82, 2.24) is 20.3 Å². The molecule has 0 atom stereocenters. The number of ether oxygens (including phenoxy) is 1. The van der Waals surface area contributed by atoms with Crippen molar-refractivity contribution in [1.29, 1.82) is 0 Å². The molecule has 1 fully saturated rings. The van der Waals surface area contributed by atoms with Gasteiger partial charge >= 0.3 is 0 Å². The smallest absolute Gasteiger partial charge is 0.273 e. The van der Waals surface area contributed by atoms with Crippen LogP contribution in [0, 0.1) is 6.92 Å². The Morgan fingerprint density at radius 2 is 1.88 bits per heavy atom. The highest BCUT2D eigenvalue weighted by atomic mass is 35.5. The summed E-state index contributed by atoms with van der Waals surface area (Å²) < 4.78 is 6.81. The van der Waals surface area contributed by atoms with Crippen LogP contribution in [0.1, 0.15) is 41.9 Å². The van der Waals surface area contributed by atoms with Gasteiger partial charge in [0.25, 0.3) is 5.91 Å². The zero-order chi connectivity index (χ0) is 17.1. The van der Waals surface area contributed by atoms with Gasteiger partial charge in [0.1, 0.15) is 5.75 Å². The average molecular weight is 366 g/mol. The molecule has 8 heteroatoms. The standard InChI is InChI=1S/C17H23N5O2.ClH/c1-11-16(17(23)19-13-5-3-12(18)4-6-13)20-21-22(11)14-7-9-15(24-2)10-8-14;/h7-10,12-13H,3-6,18H2,1-2H3,(H,19,23);1H. The normalized spacial score (nSPS) is 19.8. The second-order valence-electron chi connectivity index (χ2n) is 6.22. The fourth-order valence-corrected chi connectivity index (χ4v) is 3.02. The summed E-state index contributed by atoms with van der Waals surface area (Å²) in [6.45, 7) is 1.84. The van der Waals surface area contributed by atoms with Crippen molar-refractivity contribution in [3.8, 4) is 11.4 Å². The van der Waals surface area contributed by atoms with Crippen molar-refractivity contribution in [3.63, 3.8) is 0 Å². The first-order valence-corrected chi connectivity index (χ1v) is 8.21. The Bertz CT molecular complexity index is 708. The lowest BCUT2D eigenvalue weighted by Gasteiger charge is -2.26. The first-order chi connectivity index (χ1) is 11.6. The Morgan fingerprint density at radius 3 is 2.48 bits per heavy atom. The zero-order valence-electron chi connectivity index (χ0n) is 14.4. The number of nitrogens with one attached hydrogen (secondary N) is 1. The Balaban J connectivity index is 0.00000225. The summed E-state index contributed by atoms with van der Waals surface area (Å²) in [6, 6.07) is 7.89. The van der Waals surface area contributed by atoms with Gasteiger partial charge in [-0.3, -0.25) is 4.79 Å². The van der Waals surface area contributed by atoms with Crippen LogP contribution in [0.5, 0.6) is 5.75 Å². The maximum Gasteiger partial charge on any atom is 0.273 e. The minimum atomic E-state index is -0.173. The van der Waals surface area contributed by atoms with Crippen molar-refractivity contribution in [2.75, 3.05) is 7.11 Å². The number of amides is 1. The minimum absolute atomic E-state index is 0. The highest BCUT2D eigenvalue weighted by molar-refractivity contribution is 5.93. The van der Waals surface area contributed by atoms with E-state index in [0.717, 1.165) is 37.1 Å². The highest BCUT2D eigenvalue weighted by Crippen LogP contribution is 2.19. The fourth-order valence-electron chi connectivity index (χ4n) is 3.02. The second-order valence-corrected chi connectivity index (χ2v) is 6.22. The van der Waals surface area contributed by atoms with Gasteiger partial charge in [0.05, 0.1) is 18.5 Å². The fraction of sp³-hybridized carbons (Fsp3) is 0.471. The molecular formula is C17H24ClN5O2. The number of carbonyl (C=O) groups excluding carboxylic acids is 1. The van der Waals surface area contributed by atoms with E-state index in [1.54, 1.807) is 11.8 Å². The second kappa shape index (κ2) is 8.31. The van der Waals surface area contributed by atoms with Gasteiger partial charge in [-0.05, 0) is 56.9 Å². The number of methoxy groups -OCH3 is 1. The maximum atomic E-state index is 12.5. The van der Waals surface area contributed by atoms with E-state index in [2.05, 4.69) is 15.6 Å². The van der Waals surface area contributed by atoms with Gasteiger partial charge in [-0.25, -0.2) is 4.68 Å². The van der Waals surface area contributed by atoms with Crippen LogP contribution >= 0.6 is 12.4 Å². The molecule has 1 heterocycles. The van der Waals surface area contributed by atoms with Crippen LogP contribution < -0.4 is 15.8 Å². The van der Waals surface area contributed by atoms with E-state index in [1.165, 1.54) is 0 Å². The third-order valence-corrected chi connectivity index (χ3v) is 4.53. The number of nitrogens with two attached hydrogens (primary N) is 1. The summed E-state index contributed by atoms with van der Waals surface area (Å²) >= 11 is 0. The molecule has 25 heavy (non-hydrogen) atoms. The molecule has 1 aliphatic rings. The summed E-state index contributed by atoms with van der Waals surface area (Å²) in [5, 5.41) is 11.2. The molecule has 1 aliphatic carbocycles. The lowest BCUT2D eigenvalue weighted by atomic mass is 9.92. The molecule has 1 aromatic carbocycles. The van der Waals surface area contributed by atoms with Gasteiger partial charge < -0.3 is 15.8 Å². The number of hydrogen-bond acceptors (Lipinski definition) is 5. The largest absolute Gasteiger partial charge is 0.497 e. The SMILES string of the molecule is COc1ccc(-n2nnc(C(=O)NC3CCC(N)CC3)c2C)cc1.Cl. The van der Waals surface area contributed by atoms with Crippen LogP contribution in [-0.2, 0) is 0 Å². The molecule has 0 saturated heterocycles. The van der Waals surface area contributed by atoms with Gasteiger partial charge in [-0.1, -0.05) is 5.21 Å². The molecule has 0 unspecified atom stereocenters. The molecule has 3 N–H and O–H groups in total. The molecule has 0 bridgehead atoms. The quantitative estimate of drug-likeness (QED) is 0.864. The third kappa shape index (κ3) is 4.29. The lowest BCUT2D eigenvalue weighted by Crippen LogP contribution is -2.40. The minimum Gasteiger partial charge on any atom is -0.497 e. The van der Waals surface area contributed by atoms with E-state index < -0.39 is 0 Å². The number of hydrogen-bond donors (Lipinski definition) is 2. The van der Waals surface area contributed by atoms with Gasteiger partial charge in [-0.15, -0.1) is 17.5 Å². The van der Waals surface area contributed by atoms with Gasteiger partial charge in [0.2, 0.25) is 0 Å². The Hall–Kier alpha value is -2.12. The molecule has 1 aromatic heterocycles. The number of nitrogens with zero attached hydrogens (tertiary/aromatic N) is 3. The molecule has 1 saturated carbocycles. The summed E-state index contributed by atoms with van der Waals surface area (Å²) in [6.07, 6.45) is 3.72. The van der Waals surface area contributed by atoms with Crippen molar-refractivity contribution >= 4 is 18.3 Å². The van der Waals surface area contributed by atoms with E-state index in [0.29, 0.717) is 11.4 Å². The number of aromatic nitrogens is 3. The van der Waals surface area contributed by atoms with Crippen LogP contribution in [0.3, 0.4) is 0 Å². The van der Waals surface area contributed by atoms with Gasteiger partial charge in [0, 0.05) is 12.1 Å². The van der Waals surface area contributed by atoms with E-state index in [4.69, 9.17) is 10.5 Å². The first-order valence-electron chi connectivity index (χ1n) is 8.21. The lowest BCUT2D eigenvalue weighted by molar-refractivity contribution is 0.0920. The number of carbonyl (C=O) groups is 1. The summed E-state index contributed by atoms with van der Waals surface area (Å²) in [5.41, 5.74) is 7.82. The van der Waals surface area contributed by atoms with E-state index in [1.807, 2.05) is 31.2 Å². The van der Waals surface area contributed by atoms with Crippen molar-refractivity contribution in [2.24, 2.45) is 5.73 Å². The Morgan fingerprint density at radius 1 is 1.24 bits per heavy atom. The average Bonchev–Trinajstić information content (AvgIpc) is 2.98. The molecular weight excluding hydrogens is 342 g/mol. The summed E-state index contributed by atoms with van der Waals surface area (Å²) in [7, 11) is 1.62. The zero-order valence-corrected chi connectivity index (χ0v) is 15.3. The topological polar surface area (TPSA) is 95.1 Å². The van der Waals surface area contributed by atoms with E-state index in [9.17, 15) is 4.79 Å². The van der Waals surface area contributed by atoms with E-state index in [-0.39, 0.29) is 30.4 Å². The van der Waals surface area contributed by atoms with Crippen molar-refractivity contribution < 1.29 is 9.53 Å². The van der Waals surface area contributed by atoms with Crippen LogP contribution in [-0.4, -0.2) is 40.1 Å². The van der Waals surface area contributed by atoms with Crippen LogP contribution in [0.4, 0.5) is 0 Å². The molecule has 0 spiro atoms. The van der Waals surface area contributed by atoms with Gasteiger partial charge in [-0.2, -0.15) is 0 Å². The maximum absolute atomic E-state index is 12.5. The number of rotatable bonds is 4. The summed E-state index contributed by atoms with van der Waals surface area (Å²) in [5.74, 6) is 0.595. The highest BCUT2D eigenvalue weighted by Gasteiger charge is 2.23. The molecule has 0 aliphatic heterocycles. The first kappa shape index (κ1) is 19.2. The molecule has 3 rings (SSSR count). The van der Waals surface area contributed by atoms with Crippen LogP contribution in [0.15, 0.2) is 24.3 Å². The van der Waals surface area contributed by atoms with Gasteiger partial charge in [0.15, 0.2) is 5.69 Å². The molecule has 0 radical (unpaired) electrons. The Kier molecular flexibility index (Phi) is 6.39. The molecule has 2 aromatic rings. The third-order valence-electron chi connectivity index (χ3n) is 4.53. The van der Waals surface area contributed by atoms with Crippen molar-refractivity contribution in [3.05, 3.63) is 35.7 Å².